The predicted molar refractivity (Wildman–Crippen MR) is 129 cm³/mol. The molecule has 0 spiro atoms. The molecule has 1 aromatic heterocycles. The fourth-order valence-electron chi connectivity index (χ4n) is 3.02. The van der Waals surface area contributed by atoms with Gasteiger partial charge in [-0.2, -0.15) is 11.8 Å². The second-order valence-electron chi connectivity index (χ2n) is 6.96. The topological polar surface area (TPSA) is 58.5 Å². The standard InChI is InChI=1S/C21H28N4OS.HI/c1-21(10-6-12-27-21)16-25-20(22-2)24-14-18-9-11-23-19(13-18)26-15-17-7-4-3-5-8-17;/h3-5,7-9,11,13H,6,10,12,14-16H2,1-2H3,(H2,22,24,25);1H. The first kappa shape index (κ1) is 22.8. The van der Waals surface area contributed by atoms with Gasteiger partial charge in [0.25, 0.3) is 0 Å². The van der Waals surface area contributed by atoms with Gasteiger partial charge in [0.1, 0.15) is 6.61 Å². The van der Waals surface area contributed by atoms with Gasteiger partial charge in [0.15, 0.2) is 5.96 Å². The molecule has 1 aromatic carbocycles. The van der Waals surface area contributed by atoms with Crippen LogP contribution in [0.1, 0.15) is 30.9 Å². The van der Waals surface area contributed by atoms with E-state index in [1.807, 2.05) is 54.2 Å². The molecule has 1 atom stereocenters. The molecule has 2 aromatic rings. The largest absolute Gasteiger partial charge is 0.473 e. The molecule has 0 aliphatic carbocycles. The second-order valence-corrected chi connectivity index (χ2v) is 8.64. The summed E-state index contributed by atoms with van der Waals surface area (Å²) < 4.78 is 6.12. The number of hydrogen-bond acceptors (Lipinski definition) is 4. The molecular weight excluding hydrogens is 483 g/mol. The first-order valence-electron chi connectivity index (χ1n) is 9.37. The van der Waals surface area contributed by atoms with Gasteiger partial charge in [-0.15, -0.1) is 24.0 Å². The highest BCUT2D eigenvalue weighted by Crippen LogP contribution is 2.36. The Kier molecular flexibility index (Phi) is 9.37. The molecule has 2 heterocycles. The van der Waals surface area contributed by atoms with Gasteiger partial charge in [-0.3, -0.25) is 4.99 Å². The van der Waals surface area contributed by atoms with E-state index in [4.69, 9.17) is 4.74 Å². The minimum Gasteiger partial charge on any atom is -0.473 e. The van der Waals surface area contributed by atoms with Crippen LogP contribution >= 0.6 is 35.7 Å². The Morgan fingerprint density at radius 2 is 2.04 bits per heavy atom. The summed E-state index contributed by atoms with van der Waals surface area (Å²) in [6.45, 7) is 4.45. The van der Waals surface area contributed by atoms with Crippen molar-refractivity contribution in [3.05, 3.63) is 59.8 Å². The number of thioether (sulfide) groups is 1. The third-order valence-electron chi connectivity index (χ3n) is 4.64. The van der Waals surface area contributed by atoms with E-state index in [1.165, 1.54) is 18.6 Å². The third kappa shape index (κ3) is 7.16. The van der Waals surface area contributed by atoms with Crippen LogP contribution in [-0.2, 0) is 13.2 Å². The van der Waals surface area contributed by atoms with Gasteiger partial charge in [0, 0.05) is 37.1 Å². The molecular formula is C21H29IN4OS. The van der Waals surface area contributed by atoms with E-state index in [1.54, 1.807) is 13.2 Å². The molecule has 7 heteroatoms. The molecule has 2 N–H and O–H groups in total. The first-order valence-corrected chi connectivity index (χ1v) is 10.4. The minimum atomic E-state index is 0. The average Bonchev–Trinajstić information content (AvgIpc) is 3.14. The molecule has 1 fully saturated rings. The van der Waals surface area contributed by atoms with E-state index in [0.29, 0.717) is 23.8 Å². The van der Waals surface area contributed by atoms with Crippen LogP contribution in [-0.4, -0.2) is 35.0 Å². The smallest absolute Gasteiger partial charge is 0.213 e. The summed E-state index contributed by atoms with van der Waals surface area (Å²) in [5.41, 5.74) is 2.24. The normalized spacial score (nSPS) is 19.0. The lowest BCUT2D eigenvalue weighted by Crippen LogP contribution is -2.43. The zero-order chi connectivity index (χ0) is 19.0. The van der Waals surface area contributed by atoms with Crippen molar-refractivity contribution in [1.82, 2.24) is 15.6 Å². The van der Waals surface area contributed by atoms with Crippen LogP contribution in [0.5, 0.6) is 5.88 Å². The van der Waals surface area contributed by atoms with E-state index in [0.717, 1.165) is 23.6 Å². The molecule has 5 nitrogen and oxygen atoms in total. The van der Waals surface area contributed by atoms with Crippen molar-refractivity contribution in [1.29, 1.82) is 0 Å². The van der Waals surface area contributed by atoms with Gasteiger partial charge in [-0.1, -0.05) is 30.3 Å². The maximum Gasteiger partial charge on any atom is 0.213 e. The van der Waals surface area contributed by atoms with Crippen LogP contribution in [0.15, 0.2) is 53.7 Å². The van der Waals surface area contributed by atoms with Gasteiger partial charge >= 0.3 is 0 Å². The van der Waals surface area contributed by atoms with Crippen LogP contribution in [0.3, 0.4) is 0 Å². The zero-order valence-corrected chi connectivity index (χ0v) is 19.6. The number of nitrogens with zero attached hydrogens (tertiary/aromatic N) is 2. The van der Waals surface area contributed by atoms with Crippen LogP contribution in [0.25, 0.3) is 0 Å². The molecule has 28 heavy (non-hydrogen) atoms. The molecule has 0 saturated carbocycles. The van der Waals surface area contributed by atoms with Gasteiger partial charge in [-0.05, 0) is 42.7 Å². The Balaban J connectivity index is 0.00000280. The summed E-state index contributed by atoms with van der Waals surface area (Å²) in [4.78, 5) is 8.63. The molecule has 0 radical (unpaired) electrons. The van der Waals surface area contributed by atoms with Crippen molar-refractivity contribution in [2.24, 2.45) is 4.99 Å². The number of hydrogen-bond donors (Lipinski definition) is 2. The van der Waals surface area contributed by atoms with E-state index >= 15 is 0 Å². The van der Waals surface area contributed by atoms with Crippen molar-refractivity contribution in [3.63, 3.8) is 0 Å². The number of aromatic nitrogens is 1. The average molecular weight is 512 g/mol. The number of guanidine groups is 1. The highest BCUT2D eigenvalue weighted by molar-refractivity contribution is 14.0. The Labute approximate surface area is 189 Å². The first-order chi connectivity index (χ1) is 13.2. The summed E-state index contributed by atoms with van der Waals surface area (Å²) in [6.07, 6.45) is 4.34. The second kappa shape index (κ2) is 11.5. The summed E-state index contributed by atoms with van der Waals surface area (Å²) in [5.74, 6) is 2.72. The Hall–Kier alpha value is -1.48. The molecule has 0 bridgehead atoms. The summed E-state index contributed by atoms with van der Waals surface area (Å²) in [5, 5.41) is 6.83. The fraction of sp³-hybridized carbons (Fsp3) is 0.429. The fourth-order valence-corrected chi connectivity index (χ4v) is 4.27. The van der Waals surface area contributed by atoms with Crippen molar-refractivity contribution in [2.75, 3.05) is 19.3 Å². The van der Waals surface area contributed by atoms with Crippen LogP contribution in [0, 0.1) is 0 Å². The molecule has 1 saturated heterocycles. The highest BCUT2D eigenvalue weighted by atomic mass is 127. The van der Waals surface area contributed by atoms with E-state index in [9.17, 15) is 0 Å². The predicted octanol–water partition coefficient (Wildman–Crippen LogP) is 4.23. The highest BCUT2D eigenvalue weighted by Gasteiger charge is 2.29. The Morgan fingerprint density at radius 1 is 1.21 bits per heavy atom. The number of halogens is 1. The molecule has 1 aliphatic heterocycles. The SMILES string of the molecule is CN=C(NCc1ccnc(OCc2ccccc2)c1)NCC1(C)CCCS1.I. The molecule has 152 valence electrons. The zero-order valence-electron chi connectivity index (χ0n) is 16.5. The number of pyridine rings is 1. The number of benzene rings is 1. The Bertz CT molecular complexity index is 751. The van der Waals surface area contributed by atoms with Crippen molar-refractivity contribution < 1.29 is 4.74 Å². The summed E-state index contributed by atoms with van der Waals surface area (Å²) in [6, 6.07) is 14.1. The van der Waals surface area contributed by atoms with Crippen LogP contribution in [0.4, 0.5) is 0 Å². The van der Waals surface area contributed by atoms with Crippen molar-refractivity contribution >= 4 is 41.7 Å². The Morgan fingerprint density at radius 3 is 2.75 bits per heavy atom. The number of ether oxygens (including phenoxy) is 1. The summed E-state index contributed by atoms with van der Waals surface area (Å²) in [7, 11) is 1.81. The monoisotopic (exact) mass is 512 g/mol. The molecule has 1 aliphatic rings. The van der Waals surface area contributed by atoms with Crippen molar-refractivity contribution in [3.8, 4) is 5.88 Å². The van der Waals surface area contributed by atoms with E-state index in [2.05, 4.69) is 27.5 Å². The minimum absolute atomic E-state index is 0. The molecule has 0 amide bonds. The quantitative estimate of drug-likeness (QED) is 0.331. The van der Waals surface area contributed by atoms with Gasteiger partial charge in [-0.25, -0.2) is 4.98 Å². The molecule has 1 unspecified atom stereocenters. The maximum absolute atomic E-state index is 5.81. The summed E-state index contributed by atoms with van der Waals surface area (Å²) >= 11 is 2.05. The van der Waals surface area contributed by atoms with Crippen molar-refractivity contribution in [2.45, 2.75) is 37.7 Å². The molecule has 3 rings (SSSR count). The maximum atomic E-state index is 5.81. The lowest BCUT2D eigenvalue weighted by atomic mass is 10.1. The lowest BCUT2D eigenvalue weighted by Gasteiger charge is -2.24. The van der Waals surface area contributed by atoms with Gasteiger partial charge in [0.2, 0.25) is 5.88 Å². The number of aliphatic imine (C=N–C) groups is 1. The van der Waals surface area contributed by atoms with Gasteiger partial charge < -0.3 is 15.4 Å². The lowest BCUT2D eigenvalue weighted by molar-refractivity contribution is 0.293. The number of rotatable bonds is 7. The van der Waals surface area contributed by atoms with Crippen LogP contribution in [0.2, 0.25) is 0 Å². The van der Waals surface area contributed by atoms with Gasteiger partial charge in [0.05, 0.1) is 0 Å². The third-order valence-corrected chi connectivity index (χ3v) is 6.18. The van der Waals surface area contributed by atoms with Crippen LogP contribution < -0.4 is 15.4 Å². The van der Waals surface area contributed by atoms with E-state index in [-0.39, 0.29) is 24.0 Å². The van der Waals surface area contributed by atoms with E-state index < -0.39 is 0 Å². The number of nitrogens with one attached hydrogen (secondary N) is 2.